The smallest absolute Gasteiger partial charge is 0.0734 e. The summed E-state index contributed by atoms with van der Waals surface area (Å²) in [7, 11) is 0. The van der Waals surface area contributed by atoms with Gasteiger partial charge in [0.1, 0.15) is 0 Å². The molecule has 1 aromatic rings. The Morgan fingerprint density at radius 3 is 3.47 bits per heavy atom. The van der Waals surface area contributed by atoms with Crippen molar-refractivity contribution in [2.45, 2.75) is 18.9 Å². The molecule has 2 aliphatic rings. The Hall–Kier alpha value is -0.930. The lowest BCUT2D eigenvalue weighted by atomic mass is 9.83. The van der Waals surface area contributed by atoms with Gasteiger partial charge in [0.2, 0.25) is 0 Å². The average molecular weight is 204 g/mol. The van der Waals surface area contributed by atoms with E-state index in [-0.39, 0.29) is 0 Å². The number of aromatic nitrogens is 1. The van der Waals surface area contributed by atoms with Gasteiger partial charge in [0.05, 0.1) is 13.2 Å². The van der Waals surface area contributed by atoms with Crippen LogP contribution in [0.25, 0.3) is 0 Å². The highest BCUT2D eigenvalue weighted by Gasteiger charge is 2.31. The molecule has 3 heteroatoms. The summed E-state index contributed by atoms with van der Waals surface area (Å²) in [6.07, 6.45) is 3.10. The van der Waals surface area contributed by atoms with Crippen LogP contribution in [0.4, 0.5) is 0 Å². The van der Waals surface area contributed by atoms with Crippen molar-refractivity contribution in [2.24, 2.45) is 5.92 Å². The molecule has 0 radical (unpaired) electrons. The fourth-order valence-corrected chi connectivity index (χ4v) is 2.69. The molecule has 1 N–H and O–H groups in total. The first-order valence-electron chi connectivity index (χ1n) is 5.67. The first kappa shape index (κ1) is 9.31. The van der Waals surface area contributed by atoms with E-state index in [1.165, 1.54) is 17.7 Å². The molecule has 0 spiro atoms. The van der Waals surface area contributed by atoms with Gasteiger partial charge in [-0.25, -0.2) is 0 Å². The number of hydrogen-bond donors (Lipinski definition) is 1. The van der Waals surface area contributed by atoms with Crippen molar-refractivity contribution in [3.05, 3.63) is 29.6 Å². The number of rotatable bonds is 0. The molecule has 80 valence electrons. The van der Waals surface area contributed by atoms with E-state index >= 15 is 0 Å². The topological polar surface area (TPSA) is 34.1 Å². The minimum atomic E-state index is 0.602. The molecule has 1 fully saturated rings. The Morgan fingerprint density at radius 1 is 1.47 bits per heavy atom. The third-order valence-electron chi connectivity index (χ3n) is 3.47. The summed E-state index contributed by atoms with van der Waals surface area (Å²) in [4.78, 5) is 4.56. The predicted octanol–water partition coefficient (Wildman–Crippen LogP) is 1.30. The van der Waals surface area contributed by atoms with Gasteiger partial charge < -0.3 is 10.1 Å². The normalized spacial score (nSPS) is 30.1. The Morgan fingerprint density at radius 2 is 2.47 bits per heavy atom. The summed E-state index contributed by atoms with van der Waals surface area (Å²) in [5.74, 6) is 1.21. The summed E-state index contributed by atoms with van der Waals surface area (Å²) < 4.78 is 5.71. The van der Waals surface area contributed by atoms with Crippen LogP contribution >= 0.6 is 0 Å². The first-order chi connectivity index (χ1) is 7.45. The zero-order valence-electron chi connectivity index (χ0n) is 8.78. The van der Waals surface area contributed by atoms with Gasteiger partial charge in [-0.1, -0.05) is 6.07 Å². The number of nitrogens with zero attached hydrogens (tertiary/aromatic N) is 1. The van der Waals surface area contributed by atoms with Crippen molar-refractivity contribution < 1.29 is 4.74 Å². The molecule has 3 heterocycles. The number of pyridine rings is 1. The monoisotopic (exact) mass is 204 g/mol. The fourth-order valence-electron chi connectivity index (χ4n) is 2.69. The van der Waals surface area contributed by atoms with Gasteiger partial charge >= 0.3 is 0 Å². The van der Waals surface area contributed by atoms with E-state index in [2.05, 4.69) is 16.4 Å². The van der Waals surface area contributed by atoms with Crippen molar-refractivity contribution in [3.63, 3.8) is 0 Å². The maximum absolute atomic E-state index is 5.71. The Balaban J connectivity index is 1.99. The van der Waals surface area contributed by atoms with E-state index in [0.717, 1.165) is 26.3 Å². The molecule has 2 atom stereocenters. The van der Waals surface area contributed by atoms with Gasteiger partial charge in [-0.2, -0.15) is 0 Å². The Labute approximate surface area is 89.9 Å². The standard InChI is InChI=1S/C12H16N2O/c1-2-9-7-15-8-10-6-13-5-3-11(10)12(9)14-4-1/h1-2,4,10-11,13H,3,5-8H2/t10-,11-/m1/s1. The quantitative estimate of drug-likeness (QED) is 0.691. The summed E-state index contributed by atoms with van der Waals surface area (Å²) in [6, 6.07) is 4.15. The number of nitrogens with one attached hydrogen (secondary N) is 1. The second-order valence-corrected chi connectivity index (χ2v) is 4.42. The maximum Gasteiger partial charge on any atom is 0.0734 e. The van der Waals surface area contributed by atoms with Crippen molar-refractivity contribution in [3.8, 4) is 0 Å². The zero-order valence-corrected chi connectivity index (χ0v) is 8.78. The van der Waals surface area contributed by atoms with Crippen LogP contribution in [0.1, 0.15) is 23.6 Å². The first-order valence-corrected chi connectivity index (χ1v) is 5.67. The summed E-state index contributed by atoms with van der Waals surface area (Å²) in [5, 5.41) is 3.43. The number of fused-ring (bicyclic) bond motifs is 3. The predicted molar refractivity (Wildman–Crippen MR) is 57.6 cm³/mol. The van der Waals surface area contributed by atoms with Crippen molar-refractivity contribution >= 4 is 0 Å². The average Bonchev–Trinajstić information content (AvgIpc) is 2.48. The fraction of sp³-hybridized carbons (Fsp3) is 0.583. The molecule has 0 amide bonds. The van der Waals surface area contributed by atoms with E-state index in [1.807, 2.05) is 12.3 Å². The van der Waals surface area contributed by atoms with E-state index in [0.29, 0.717) is 11.8 Å². The Kier molecular flexibility index (Phi) is 2.43. The zero-order chi connectivity index (χ0) is 10.1. The highest BCUT2D eigenvalue weighted by Crippen LogP contribution is 2.33. The largest absolute Gasteiger partial charge is 0.376 e. The van der Waals surface area contributed by atoms with Gasteiger partial charge in [-0.3, -0.25) is 4.98 Å². The molecule has 0 saturated carbocycles. The number of ether oxygens (including phenoxy) is 1. The Bertz CT molecular complexity index is 353. The molecular formula is C12H16N2O. The van der Waals surface area contributed by atoms with Crippen LogP contribution in [0.3, 0.4) is 0 Å². The van der Waals surface area contributed by atoms with Crippen LogP contribution in [0.5, 0.6) is 0 Å². The van der Waals surface area contributed by atoms with Crippen LogP contribution < -0.4 is 5.32 Å². The third-order valence-corrected chi connectivity index (χ3v) is 3.47. The maximum atomic E-state index is 5.71. The van der Waals surface area contributed by atoms with E-state index in [1.54, 1.807) is 0 Å². The van der Waals surface area contributed by atoms with Crippen LogP contribution in [0.2, 0.25) is 0 Å². The SMILES string of the molecule is c1cnc2c(c1)COC[C@H]1CNCC[C@@H]21. The van der Waals surface area contributed by atoms with E-state index in [4.69, 9.17) is 4.74 Å². The summed E-state index contributed by atoms with van der Waals surface area (Å²) in [5.41, 5.74) is 2.56. The molecule has 15 heavy (non-hydrogen) atoms. The van der Waals surface area contributed by atoms with Crippen LogP contribution in [0.15, 0.2) is 18.3 Å². The minimum absolute atomic E-state index is 0.602. The molecule has 0 bridgehead atoms. The molecule has 1 saturated heterocycles. The van der Waals surface area contributed by atoms with Crippen LogP contribution in [-0.4, -0.2) is 24.7 Å². The molecule has 2 aliphatic heterocycles. The molecule has 0 unspecified atom stereocenters. The van der Waals surface area contributed by atoms with Crippen molar-refractivity contribution in [1.29, 1.82) is 0 Å². The lowest BCUT2D eigenvalue weighted by Crippen LogP contribution is -2.37. The molecule has 1 aromatic heterocycles. The number of piperidine rings is 1. The third kappa shape index (κ3) is 1.66. The van der Waals surface area contributed by atoms with Crippen LogP contribution in [0, 0.1) is 5.92 Å². The molecular weight excluding hydrogens is 188 g/mol. The lowest BCUT2D eigenvalue weighted by molar-refractivity contribution is 0.0811. The molecule has 0 aliphatic carbocycles. The minimum Gasteiger partial charge on any atom is -0.376 e. The van der Waals surface area contributed by atoms with Gasteiger partial charge in [-0.05, 0) is 24.6 Å². The van der Waals surface area contributed by atoms with Crippen molar-refractivity contribution in [2.75, 3.05) is 19.7 Å². The van der Waals surface area contributed by atoms with Gasteiger partial charge in [0, 0.05) is 30.3 Å². The number of hydrogen-bond acceptors (Lipinski definition) is 3. The summed E-state index contributed by atoms with van der Waals surface area (Å²) in [6.45, 7) is 3.78. The van der Waals surface area contributed by atoms with Gasteiger partial charge in [0.15, 0.2) is 0 Å². The highest BCUT2D eigenvalue weighted by atomic mass is 16.5. The van der Waals surface area contributed by atoms with Gasteiger partial charge in [0.25, 0.3) is 0 Å². The van der Waals surface area contributed by atoms with Crippen molar-refractivity contribution in [1.82, 2.24) is 10.3 Å². The highest BCUT2D eigenvalue weighted by molar-refractivity contribution is 5.25. The van der Waals surface area contributed by atoms with E-state index in [9.17, 15) is 0 Å². The summed E-state index contributed by atoms with van der Waals surface area (Å²) >= 11 is 0. The second-order valence-electron chi connectivity index (χ2n) is 4.42. The lowest BCUT2D eigenvalue weighted by Gasteiger charge is -2.30. The van der Waals surface area contributed by atoms with E-state index < -0.39 is 0 Å². The molecule has 3 rings (SSSR count). The molecule has 0 aromatic carbocycles. The molecule has 3 nitrogen and oxygen atoms in total. The second kappa shape index (κ2) is 3.91. The van der Waals surface area contributed by atoms with Crippen LogP contribution in [-0.2, 0) is 11.3 Å². The van der Waals surface area contributed by atoms with Gasteiger partial charge in [-0.15, -0.1) is 0 Å².